The molecule has 0 aliphatic heterocycles. The number of hydrogen-bond acceptors (Lipinski definition) is 4. The molecule has 0 N–H and O–H groups in total. The molecule has 0 heterocycles. The first-order valence-corrected chi connectivity index (χ1v) is 10.3. The average molecular weight is 487 g/mol. The van der Waals surface area contributed by atoms with Gasteiger partial charge in [-0.25, -0.2) is 0 Å². The minimum absolute atomic E-state index is 0.141. The molecule has 0 saturated heterocycles. The number of benzene rings is 3. The van der Waals surface area contributed by atoms with Crippen LogP contribution in [0.1, 0.15) is 6.42 Å². The van der Waals surface area contributed by atoms with Crippen LogP contribution in [-0.2, 0) is 0 Å². The van der Waals surface area contributed by atoms with Crippen LogP contribution >= 0.6 is 23.2 Å². The second-order valence-corrected chi connectivity index (χ2v) is 7.49. The zero-order chi connectivity index (χ0) is 23.0. The van der Waals surface area contributed by atoms with Crippen LogP contribution in [0, 0.1) is 0 Å². The van der Waals surface area contributed by atoms with E-state index in [0.717, 1.165) is 10.8 Å². The third-order valence-corrected chi connectivity index (χ3v) is 4.50. The minimum atomic E-state index is -4.72. The second-order valence-electron chi connectivity index (χ2n) is 6.48. The van der Waals surface area contributed by atoms with E-state index in [2.05, 4.69) is 4.74 Å². The predicted molar refractivity (Wildman–Crippen MR) is 118 cm³/mol. The van der Waals surface area contributed by atoms with Gasteiger partial charge in [-0.05, 0) is 42.5 Å². The fraction of sp³-hybridized carbons (Fsp3) is 0.217. The highest BCUT2D eigenvalue weighted by Crippen LogP contribution is 2.32. The van der Waals surface area contributed by atoms with Crippen molar-refractivity contribution < 1.29 is 32.1 Å². The van der Waals surface area contributed by atoms with Crippen molar-refractivity contribution >= 4 is 34.0 Å². The van der Waals surface area contributed by atoms with E-state index in [4.69, 9.17) is 37.4 Å². The summed E-state index contributed by atoms with van der Waals surface area (Å²) in [5, 5.41) is 1.79. The van der Waals surface area contributed by atoms with Gasteiger partial charge in [0.2, 0.25) is 0 Å². The van der Waals surface area contributed by atoms with E-state index >= 15 is 0 Å². The van der Waals surface area contributed by atoms with Crippen molar-refractivity contribution in [3.05, 3.63) is 71.2 Å². The Labute approximate surface area is 193 Å². The number of hydrogen-bond donors (Lipinski definition) is 0. The summed E-state index contributed by atoms with van der Waals surface area (Å²) < 4.78 is 57.7. The lowest BCUT2D eigenvalue weighted by molar-refractivity contribution is -0.274. The highest BCUT2D eigenvalue weighted by Gasteiger charge is 2.30. The zero-order valence-electron chi connectivity index (χ0n) is 16.7. The summed E-state index contributed by atoms with van der Waals surface area (Å²) in [6, 6.07) is 16.5. The molecule has 0 amide bonds. The number of rotatable bonds is 10. The third kappa shape index (κ3) is 7.43. The van der Waals surface area contributed by atoms with E-state index in [-0.39, 0.29) is 16.8 Å². The van der Waals surface area contributed by atoms with E-state index in [0.29, 0.717) is 36.9 Å². The first-order valence-electron chi connectivity index (χ1n) is 9.59. The Morgan fingerprint density at radius 1 is 0.750 bits per heavy atom. The maximum Gasteiger partial charge on any atom is 0.573 e. The molecule has 3 aromatic rings. The highest BCUT2D eigenvalue weighted by molar-refractivity contribution is 6.55. The van der Waals surface area contributed by atoms with Crippen LogP contribution in [0.2, 0.25) is 0 Å². The smallest absolute Gasteiger partial charge is 0.493 e. The first kappa shape index (κ1) is 23.9. The molecule has 3 aromatic carbocycles. The quantitative estimate of drug-likeness (QED) is 0.282. The van der Waals surface area contributed by atoms with Gasteiger partial charge in [0, 0.05) is 17.2 Å². The molecule has 0 radical (unpaired) electrons. The van der Waals surface area contributed by atoms with Gasteiger partial charge in [0.05, 0.1) is 13.2 Å². The van der Waals surface area contributed by atoms with Gasteiger partial charge in [0.1, 0.15) is 34.1 Å². The van der Waals surface area contributed by atoms with Crippen LogP contribution in [0.4, 0.5) is 13.2 Å². The Hall–Kier alpha value is -2.77. The maximum absolute atomic E-state index is 12.2. The molecule has 0 aliphatic rings. The summed E-state index contributed by atoms with van der Waals surface area (Å²) in [5.74, 6) is 1.53. The largest absolute Gasteiger partial charge is 0.573 e. The van der Waals surface area contributed by atoms with Gasteiger partial charge >= 0.3 is 6.36 Å². The standard InChI is InChI=1S/C23H19Cl2F3O4/c24-22(25)12-15-31-21-7-2-4-18-19(21)5-1-6-20(18)30-14-3-13-29-16-8-10-17(11-9-16)32-23(26,27)28/h1-2,4-12H,3,13-15H2. The molecular formula is C23H19Cl2F3O4. The Bertz CT molecular complexity index is 1050. The normalized spacial score (nSPS) is 11.2. The monoisotopic (exact) mass is 486 g/mol. The predicted octanol–water partition coefficient (Wildman–Crippen LogP) is 7.28. The van der Waals surface area contributed by atoms with Crippen LogP contribution in [0.5, 0.6) is 23.0 Å². The van der Waals surface area contributed by atoms with E-state index in [1.54, 1.807) is 6.08 Å². The summed E-state index contributed by atoms with van der Waals surface area (Å²) in [6.45, 7) is 0.974. The molecule has 4 nitrogen and oxygen atoms in total. The number of ether oxygens (including phenoxy) is 4. The Balaban J connectivity index is 1.50. The summed E-state index contributed by atoms with van der Waals surface area (Å²) >= 11 is 11.2. The summed E-state index contributed by atoms with van der Waals surface area (Å²) in [4.78, 5) is 0. The topological polar surface area (TPSA) is 36.9 Å². The Morgan fingerprint density at radius 3 is 1.91 bits per heavy atom. The van der Waals surface area contributed by atoms with Gasteiger partial charge in [-0.15, -0.1) is 13.2 Å². The maximum atomic E-state index is 12.2. The first-order chi connectivity index (χ1) is 15.3. The number of halogens is 5. The van der Waals surface area contributed by atoms with Crippen molar-refractivity contribution in [2.24, 2.45) is 0 Å². The lowest BCUT2D eigenvalue weighted by atomic mass is 10.1. The molecule has 0 saturated carbocycles. The molecule has 0 bridgehead atoms. The lowest BCUT2D eigenvalue weighted by Gasteiger charge is -2.13. The van der Waals surface area contributed by atoms with Gasteiger partial charge in [-0.2, -0.15) is 0 Å². The molecule has 0 aromatic heterocycles. The molecule has 0 spiro atoms. The highest BCUT2D eigenvalue weighted by atomic mass is 35.5. The number of fused-ring (bicyclic) bond motifs is 1. The van der Waals surface area contributed by atoms with Crippen molar-refractivity contribution in [1.82, 2.24) is 0 Å². The Morgan fingerprint density at radius 2 is 1.31 bits per heavy atom. The number of alkyl halides is 3. The van der Waals surface area contributed by atoms with Gasteiger partial charge in [0.15, 0.2) is 0 Å². The van der Waals surface area contributed by atoms with Gasteiger partial charge in [-0.1, -0.05) is 47.5 Å². The van der Waals surface area contributed by atoms with Crippen LogP contribution < -0.4 is 18.9 Å². The minimum Gasteiger partial charge on any atom is -0.493 e. The van der Waals surface area contributed by atoms with Crippen molar-refractivity contribution in [3.8, 4) is 23.0 Å². The molecule has 32 heavy (non-hydrogen) atoms. The summed E-state index contributed by atoms with van der Waals surface area (Å²) in [6.07, 6.45) is -2.59. The van der Waals surface area contributed by atoms with Gasteiger partial charge in [-0.3, -0.25) is 0 Å². The molecule has 0 unspecified atom stereocenters. The van der Waals surface area contributed by atoms with Crippen molar-refractivity contribution in [2.75, 3.05) is 19.8 Å². The van der Waals surface area contributed by atoms with Crippen LogP contribution in [-0.4, -0.2) is 26.2 Å². The molecule has 9 heteroatoms. The van der Waals surface area contributed by atoms with E-state index in [9.17, 15) is 13.2 Å². The molecule has 0 fully saturated rings. The molecule has 0 aliphatic carbocycles. The molecule has 3 rings (SSSR count). The SMILES string of the molecule is FC(F)(F)Oc1ccc(OCCCOc2cccc3c(OCC=C(Cl)Cl)cccc23)cc1. The zero-order valence-corrected chi connectivity index (χ0v) is 18.2. The summed E-state index contributed by atoms with van der Waals surface area (Å²) in [7, 11) is 0. The fourth-order valence-electron chi connectivity index (χ4n) is 2.87. The molecule has 170 valence electrons. The van der Waals surface area contributed by atoms with E-state index in [1.165, 1.54) is 24.3 Å². The third-order valence-electron chi connectivity index (χ3n) is 4.19. The van der Waals surface area contributed by atoms with Gasteiger partial charge < -0.3 is 18.9 Å². The molecule has 0 atom stereocenters. The fourth-order valence-corrected chi connectivity index (χ4v) is 2.99. The Kier molecular flexibility index (Phi) is 8.36. The van der Waals surface area contributed by atoms with Crippen molar-refractivity contribution in [1.29, 1.82) is 0 Å². The van der Waals surface area contributed by atoms with Crippen molar-refractivity contribution in [2.45, 2.75) is 12.8 Å². The lowest BCUT2D eigenvalue weighted by Crippen LogP contribution is -2.17. The van der Waals surface area contributed by atoms with Gasteiger partial charge in [0.25, 0.3) is 0 Å². The van der Waals surface area contributed by atoms with Crippen LogP contribution in [0.15, 0.2) is 71.2 Å². The van der Waals surface area contributed by atoms with Crippen LogP contribution in [0.3, 0.4) is 0 Å². The molecular weight excluding hydrogens is 468 g/mol. The second kappa shape index (κ2) is 11.2. The summed E-state index contributed by atoms with van der Waals surface area (Å²) in [5.41, 5.74) is 0. The average Bonchev–Trinajstić information content (AvgIpc) is 2.74. The van der Waals surface area contributed by atoms with Crippen molar-refractivity contribution in [3.63, 3.8) is 0 Å². The van der Waals surface area contributed by atoms with E-state index < -0.39 is 6.36 Å². The van der Waals surface area contributed by atoms with Crippen LogP contribution in [0.25, 0.3) is 10.8 Å². The van der Waals surface area contributed by atoms with E-state index in [1.807, 2.05) is 36.4 Å².